The van der Waals surface area contributed by atoms with Gasteiger partial charge in [-0.2, -0.15) is 0 Å². The highest BCUT2D eigenvalue weighted by molar-refractivity contribution is 7.10. The van der Waals surface area contributed by atoms with E-state index >= 15 is 0 Å². The number of hydrogen-bond acceptors (Lipinski definition) is 3. The first-order chi connectivity index (χ1) is 9.22. The second kappa shape index (κ2) is 6.85. The first kappa shape index (κ1) is 14.3. The molecule has 2 rings (SSSR count). The van der Waals surface area contributed by atoms with Gasteiger partial charge in [-0.15, -0.1) is 11.3 Å². The lowest BCUT2D eigenvalue weighted by Gasteiger charge is -2.26. The number of benzene rings is 1. The maximum atomic E-state index is 10.4. The lowest BCUT2D eigenvalue weighted by Crippen LogP contribution is -2.36. The third kappa shape index (κ3) is 3.66. The summed E-state index contributed by atoms with van der Waals surface area (Å²) in [6.07, 6.45) is 0.465. The third-order valence-corrected chi connectivity index (χ3v) is 4.36. The van der Waals surface area contributed by atoms with Crippen molar-refractivity contribution in [3.63, 3.8) is 0 Å². The Hall–Kier alpha value is -1.16. The summed E-state index contributed by atoms with van der Waals surface area (Å²) < 4.78 is 0. The summed E-state index contributed by atoms with van der Waals surface area (Å²) in [6, 6.07) is 14.6. The second-order valence-electron chi connectivity index (χ2n) is 4.77. The second-order valence-corrected chi connectivity index (χ2v) is 5.75. The predicted octanol–water partition coefficient (Wildman–Crippen LogP) is 3.91. The molecule has 19 heavy (non-hydrogen) atoms. The van der Waals surface area contributed by atoms with Crippen LogP contribution < -0.4 is 5.32 Å². The van der Waals surface area contributed by atoms with Gasteiger partial charge in [0, 0.05) is 17.0 Å². The van der Waals surface area contributed by atoms with Gasteiger partial charge in [0.15, 0.2) is 0 Å². The first-order valence-corrected chi connectivity index (χ1v) is 7.62. The largest absolute Gasteiger partial charge is 0.386 e. The van der Waals surface area contributed by atoms with E-state index in [0.717, 1.165) is 11.3 Å². The molecule has 0 radical (unpaired) electrons. The quantitative estimate of drug-likeness (QED) is 0.837. The highest BCUT2D eigenvalue weighted by atomic mass is 32.1. The highest BCUT2D eigenvalue weighted by Crippen LogP contribution is 2.25. The molecular formula is C16H21NOS. The van der Waals surface area contributed by atoms with Gasteiger partial charge >= 0.3 is 0 Å². The summed E-state index contributed by atoms with van der Waals surface area (Å²) in [6.45, 7) is 4.24. The van der Waals surface area contributed by atoms with Crippen LogP contribution in [0.1, 0.15) is 42.9 Å². The van der Waals surface area contributed by atoms with E-state index in [0.29, 0.717) is 0 Å². The summed E-state index contributed by atoms with van der Waals surface area (Å²) >= 11 is 1.61. The van der Waals surface area contributed by atoms with Gasteiger partial charge in [0.2, 0.25) is 0 Å². The Labute approximate surface area is 119 Å². The molecule has 1 aromatic carbocycles. The number of hydrogen-bond donors (Lipinski definition) is 2. The minimum absolute atomic E-state index is 0.0776. The smallest absolute Gasteiger partial charge is 0.103 e. The molecule has 0 saturated heterocycles. The Morgan fingerprint density at radius 1 is 1.16 bits per heavy atom. The molecule has 3 atom stereocenters. The topological polar surface area (TPSA) is 32.3 Å². The molecule has 0 spiro atoms. The fraction of sp³-hybridized carbons (Fsp3) is 0.375. The first-order valence-electron chi connectivity index (χ1n) is 6.74. The Balaban J connectivity index is 2.03. The Morgan fingerprint density at radius 3 is 2.47 bits per heavy atom. The van der Waals surface area contributed by atoms with Gasteiger partial charge in [0.1, 0.15) is 6.10 Å². The van der Waals surface area contributed by atoms with Gasteiger partial charge in [-0.3, -0.25) is 0 Å². The molecule has 0 amide bonds. The minimum atomic E-state index is -0.434. The Morgan fingerprint density at radius 2 is 1.89 bits per heavy atom. The Kier molecular flexibility index (Phi) is 5.14. The summed E-state index contributed by atoms with van der Waals surface area (Å²) in [5.74, 6) is 0. The third-order valence-electron chi connectivity index (χ3n) is 3.42. The van der Waals surface area contributed by atoms with Crippen molar-refractivity contribution in [1.29, 1.82) is 0 Å². The van der Waals surface area contributed by atoms with Crippen molar-refractivity contribution in [3.8, 4) is 0 Å². The average Bonchev–Trinajstić information content (AvgIpc) is 2.99. The lowest BCUT2D eigenvalue weighted by molar-refractivity contribution is 0.123. The van der Waals surface area contributed by atoms with Crippen LogP contribution in [0.2, 0.25) is 0 Å². The molecule has 0 saturated carbocycles. The van der Waals surface area contributed by atoms with Crippen molar-refractivity contribution >= 4 is 11.3 Å². The van der Waals surface area contributed by atoms with Gasteiger partial charge in [0.05, 0.1) is 0 Å². The van der Waals surface area contributed by atoms with Crippen molar-refractivity contribution in [2.24, 2.45) is 0 Å². The standard InChI is InChI=1S/C16H21NOS/c1-3-14(16(18)15-10-7-11-19-15)17-12(2)13-8-5-4-6-9-13/h4-12,14,16-18H,3H2,1-2H3. The molecule has 2 nitrogen and oxygen atoms in total. The molecule has 1 aromatic heterocycles. The number of aliphatic hydroxyl groups is 1. The molecule has 3 unspecified atom stereocenters. The van der Waals surface area contributed by atoms with Gasteiger partial charge in [0.25, 0.3) is 0 Å². The molecule has 0 aliphatic heterocycles. The van der Waals surface area contributed by atoms with E-state index in [2.05, 4.69) is 31.3 Å². The monoisotopic (exact) mass is 275 g/mol. The fourth-order valence-electron chi connectivity index (χ4n) is 2.25. The Bertz CT molecular complexity index is 469. The summed E-state index contributed by atoms with van der Waals surface area (Å²) in [5, 5.41) is 15.9. The van der Waals surface area contributed by atoms with Crippen LogP contribution in [0.25, 0.3) is 0 Å². The van der Waals surface area contributed by atoms with E-state index < -0.39 is 6.10 Å². The van der Waals surface area contributed by atoms with E-state index in [-0.39, 0.29) is 12.1 Å². The van der Waals surface area contributed by atoms with Crippen LogP contribution >= 0.6 is 11.3 Å². The molecular weight excluding hydrogens is 254 g/mol. The zero-order valence-electron chi connectivity index (χ0n) is 11.4. The van der Waals surface area contributed by atoms with Crippen molar-refractivity contribution in [2.75, 3.05) is 0 Å². The number of aliphatic hydroxyl groups excluding tert-OH is 1. The fourth-order valence-corrected chi connectivity index (χ4v) is 3.02. The van der Waals surface area contributed by atoms with Gasteiger partial charge in [-0.1, -0.05) is 43.3 Å². The number of rotatable bonds is 6. The van der Waals surface area contributed by atoms with E-state index in [1.165, 1.54) is 5.56 Å². The molecule has 1 heterocycles. The van der Waals surface area contributed by atoms with Crippen LogP contribution in [0.4, 0.5) is 0 Å². The summed E-state index contributed by atoms with van der Waals surface area (Å²) in [7, 11) is 0. The van der Waals surface area contributed by atoms with Crippen LogP contribution in [-0.4, -0.2) is 11.1 Å². The van der Waals surface area contributed by atoms with Crippen molar-refractivity contribution in [1.82, 2.24) is 5.32 Å². The SMILES string of the molecule is CCC(NC(C)c1ccccc1)C(O)c1cccs1. The maximum Gasteiger partial charge on any atom is 0.103 e. The summed E-state index contributed by atoms with van der Waals surface area (Å²) in [5.41, 5.74) is 1.25. The highest BCUT2D eigenvalue weighted by Gasteiger charge is 2.21. The van der Waals surface area contributed by atoms with Crippen LogP contribution in [0.3, 0.4) is 0 Å². The molecule has 0 bridgehead atoms. The molecule has 0 aliphatic carbocycles. The minimum Gasteiger partial charge on any atom is -0.386 e. The molecule has 2 N–H and O–H groups in total. The molecule has 0 fully saturated rings. The van der Waals surface area contributed by atoms with E-state index in [1.807, 2.05) is 35.7 Å². The zero-order valence-corrected chi connectivity index (χ0v) is 12.2. The average molecular weight is 275 g/mol. The van der Waals surface area contributed by atoms with Crippen LogP contribution in [0, 0.1) is 0 Å². The van der Waals surface area contributed by atoms with Crippen LogP contribution in [0.5, 0.6) is 0 Å². The van der Waals surface area contributed by atoms with E-state index in [4.69, 9.17) is 0 Å². The van der Waals surface area contributed by atoms with Gasteiger partial charge in [-0.25, -0.2) is 0 Å². The number of thiophene rings is 1. The van der Waals surface area contributed by atoms with Crippen LogP contribution in [-0.2, 0) is 0 Å². The van der Waals surface area contributed by atoms with Crippen LogP contribution in [0.15, 0.2) is 47.8 Å². The van der Waals surface area contributed by atoms with Gasteiger partial charge < -0.3 is 10.4 Å². The molecule has 2 aromatic rings. The molecule has 102 valence electrons. The number of nitrogens with one attached hydrogen (secondary N) is 1. The van der Waals surface area contributed by atoms with Crippen molar-refractivity contribution < 1.29 is 5.11 Å². The normalized spacial score (nSPS) is 15.9. The van der Waals surface area contributed by atoms with Gasteiger partial charge in [-0.05, 0) is 30.4 Å². The maximum absolute atomic E-state index is 10.4. The molecule has 3 heteroatoms. The predicted molar refractivity (Wildman–Crippen MR) is 81.4 cm³/mol. The van der Waals surface area contributed by atoms with Crippen molar-refractivity contribution in [2.45, 2.75) is 38.5 Å². The van der Waals surface area contributed by atoms with E-state index in [9.17, 15) is 5.11 Å². The summed E-state index contributed by atoms with van der Waals surface area (Å²) in [4.78, 5) is 1.03. The van der Waals surface area contributed by atoms with E-state index in [1.54, 1.807) is 11.3 Å². The van der Waals surface area contributed by atoms with Crippen molar-refractivity contribution in [3.05, 3.63) is 58.3 Å². The lowest BCUT2D eigenvalue weighted by atomic mass is 10.0. The zero-order chi connectivity index (χ0) is 13.7. The molecule has 0 aliphatic rings.